The molecule has 0 unspecified atom stereocenters. The summed E-state index contributed by atoms with van der Waals surface area (Å²) in [4.78, 5) is 26.6. The summed E-state index contributed by atoms with van der Waals surface area (Å²) < 4.78 is 13.8. The van der Waals surface area contributed by atoms with Crippen LogP contribution in [0.15, 0.2) is 53.3 Å². The van der Waals surface area contributed by atoms with Gasteiger partial charge in [0.15, 0.2) is 0 Å². The molecule has 0 bridgehead atoms. The summed E-state index contributed by atoms with van der Waals surface area (Å²) in [5.74, 6) is -1.21. The number of aromatic nitrogens is 1. The number of para-hydroxylation sites is 1. The highest BCUT2D eigenvalue weighted by Crippen LogP contribution is 2.21. The van der Waals surface area contributed by atoms with Gasteiger partial charge < -0.3 is 10.3 Å². The zero-order valence-corrected chi connectivity index (χ0v) is 11.9. The molecule has 2 N–H and O–H groups in total. The lowest BCUT2D eigenvalue weighted by atomic mass is 10.1. The molecule has 0 aliphatic heterocycles. The van der Waals surface area contributed by atoms with Crippen molar-refractivity contribution in [2.75, 3.05) is 5.32 Å². The molecule has 0 radical (unpaired) electrons. The molecular formula is C16H10ClFN2O2. The van der Waals surface area contributed by atoms with Crippen LogP contribution in [0.25, 0.3) is 10.9 Å². The summed E-state index contributed by atoms with van der Waals surface area (Å²) in [7, 11) is 0. The summed E-state index contributed by atoms with van der Waals surface area (Å²) >= 11 is 5.67. The Bertz CT molecular complexity index is 937. The van der Waals surface area contributed by atoms with Crippen LogP contribution in [0.2, 0.25) is 5.02 Å². The van der Waals surface area contributed by atoms with Crippen LogP contribution in [0.5, 0.6) is 0 Å². The average Bonchev–Trinajstić information content (AvgIpc) is 2.49. The minimum atomic E-state index is -0.644. The third-order valence-corrected chi connectivity index (χ3v) is 3.41. The number of rotatable bonds is 2. The summed E-state index contributed by atoms with van der Waals surface area (Å²) in [5, 5.41) is 3.26. The number of anilines is 1. The topological polar surface area (TPSA) is 62.0 Å². The van der Waals surface area contributed by atoms with Crippen molar-refractivity contribution in [1.29, 1.82) is 0 Å². The number of benzene rings is 2. The van der Waals surface area contributed by atoms with Crippen LogP contribution in [0.4, 0.5) is 10.1 Å². The van der Waals surface area contributed by atoms with Crippen molar-refractivity contribution < 1.29 is 9.18 Å². The molecule has 0 aliphatic carbocycles. The quantitative estimate of drug-likeness (QED) is 0.759. The van der Waals surface area contributed by atoms with Gasteiger partial charge in [0, 0.05) is 22.0 Å². The third kappa shape index (κ3) is 2.71. The number of fused-ring (bicyclic) bond motifs is 1. The van der Waals surface area contributed by atoms with E-state index in [4.69, 9.17) is 11.6 Å². The molecule has 3 rings (SSSR count). The second kappa shape index (κ2) is 5.61. The van der Waals surface area contributed by atoms with Gasteiger partial charge >= 0.3 is 0 Å². The molecule has 0 aliphatic rings. The highest BCUT2D eigenvalue weighted by Gasteiger charge is 2.13. The van der Waals surface area contributed by atoms with E-state index in [0.29, 0.717) is 10.9 Å². The molecule has 1 aromatic heterocycles. The molecule has 22 heavy (non-hydrogen) atoms. The van der Waals surface area contributed by atoms with Crippen molar-refractivity contribution in [3.8, 4) is 0 Å². The molecule has 2 aromatic carbocycles. The summed E-state index contributed by atoms with van der Waals surface area (Å²) in [6.07, 6.45) is 0. The monoisotopic (exact) mass is 316 g/mol. The van der Waals surface area contributed by atoms with Crippen LogP contribution < -0.4 is 10.9 Å². The standard InChI is InChI=1S/C16H10ClFN2O2/c17-9-5-6-14(12(18)7-9)20-16(22)11-8-15(21)19-13-4-2-1-3-10(11)13/h1-8H,(H,19,21)(H,20,22). The SMILES string of the molecule is O=C(Nc1ccc(Cl)cc1F)c1cc(=O)[nH]c2ccccc12. The Hall–Kier alpha value is -2.66. The zero-order chi connectivity index (χ0) is 15.7. The molecule has 1 heterocycles. The van der Waals surface area contributed by atoms with Crippen molar-refractivity contribution in [1.82, 2.24) is 4.98 Å². The zero-order valence-electron chi connectivity index (χ0n) is 11.2. The molecule has 4 nitrogen and oxygen atoms in total. The predicted molar refractivity (Wildman–Crippen MR) is 83.9 cm³/mol. The van der Waals surface area contributed by atoms with Crippen molar-refractivity contribution >= 4 is 34.1 Å². The number of aromatic amines is 1. The second-order valence-corrected chi connectivity index (χ2v) is 5.11. The van der Waals surface area contributed by atoms with Crippen molar-refractivity contribution in [2.24, 2.45) is 0 Å². The molecule has 0 atom stereocenters. The Labute approximate surface area is 129 Å². The fourth-order valence-electron chi connectivity index (χ4n) is 2.17. The van der Waals surface area contributed by atoms with E-state index >= 15 is 0 Å². The number of hydrogen-bond acceptors (Lipinski definition) is 2. The van der Waals surface area contributed by atoms with Crippen LogP contribution in [0, 0.1) is 5.82 Å². The van der Waals surface area contributed by atoms with E-state index in [0.717, 1.165) is 6.07 Å². The number of pyridine rings is 1. The summed E-state index contributed by atoms with van der Waals surface area (Å²) in [5.41, 5.74) is 0.310. The molecule has 0 fully saturated rings. The molecule has 1 amide bonds. The largest absolute Gasteiger partial charge is 0.322 e. The second-order valence-electron chi connectivity index (χ2n) is 4.67. The van der Waals surface area contributed by atoms with Gasteiger partial charge in [-0.1, -0.05) is 29.8 Å². The fourth-order valence-corrected chi connectivity index (χ4v) is 2.33. The Morgan fingerprint density at radius 1 is 1.14 bits per heavy atom. The predicted octanol–water partition coefficient (Wildman–Crippen LogP) is 3.57. The minimum Gasteiger partial charge on any atom is -0.322 e. The van der Waals surface area contributed by atoms with E-state index in [-0.39, 0.29) is 16.3 Å². The van der Waals surface area contributed by atoms with E-state index in [1.165, 1.54) is 18.2 Å². The van der Waals surface area contributed by atoms with Gasteiger partial charge in [0.25, 0.3) is 5.91 Å². The number of H-pyrrole nitrogens is 1. The first-order chi connectivity index (χ1) is 10.5. The smallest absolute Gasteiger partial charge is 0.256 e. The van der Waals surface area contributed by atoms with Gasteiger partial charge in [-0.3, -0.25) is 9.59 Å². The van der Waals surface area contributed by atoms with Crippen molar-refractivity contribution in [2.45, 2.75) is 0 Å². The number of halogens is 2. The minimum absolute atomic E-state index is 0.00115. The van der Waals surface area contributed by atoms with E-state index in [1.807, 2.05) is 0 Å². The van der Waals surface area contributed by atoms with Gasteiger partial charge in [-0.05, 0) is 24.3 Å². The maximum absolute atomic E-state index is 13.8. The van der Waals surface area contributed by atoms with Crippen molar-refractivity contribution in [3.05, 3.63) is 75.3 Å². The summed E-state index contributed by atoms with van der Waals surface area (Å²) in [6, 6.07) is 12.0. The van der Waals surface area contributed by atoms with Gasteiger partial charge in [-0.25, -0.2) is 4.39 Å². The third-order valence-electron chi connectivity index (χ3n) is 3.17. The van der Waals surface area contributed by atoms with Gasteiger partial charge in [0.1, 0.15) is 5.82 Å². The first-order valence-electron chi connectivity index (χ1n) is 6.43. The first-order valence-corrected chi connectivity index (χ1v) is 6.81. The average molecular weight is 317 g/mol. The Morgan fingerprint density at radius 3 is 2.68 bits per heavy atom. The van der Waals surface area contributed by atoms with Gasteiger partial charge in [0.05, 0.1) is 11.3 Å². The van der Waals surface area contributed by atoms with E-state index in [1.54, 1.807) is 24.3 Å². The molecule has 0 saturated heterocycles. The fraction of sp³-hybridized carbons (Fsp3) is 0. The Morgan fingerprint density at radius 2 is 1.91 bits per heavy atom. The number of nitrogens with one attached hydrogen (secondary N) is 2. The maximum atomic E-state index is 13.8. The van der Waals surface area contributed by atoms with E-state index in [2.05, 4.69) is 10.3 Å². The van der Waals surface area contributed by atoms with Crippen LogP contribution in [-0.2, 0) is 0 Å². The van der Waals surface area contributed by atoms with Gasteiger partial charge in [-0.15, -0.1) is 0 Å². The summed E-state index contributed by atoms with van der Waals surface area (Å²) in [6.45, 7) is 0. The van der Waals surface area contributed by atoms with E-state index < -0.39 is 17.3 Å². The lowest BCUT2D eigenvalue weighted by Gasteiger charge is -2.08. The normalized spacial score (nSPS) is 10.6. The first kappa shape index (κ1) is 14.3. The van der Waals surface area contributed by atoms with Crippen LogP contribution >= 0.6 is 11.6 Å². The molecular weight excluding hydrogens is 307 g/mol. The number of hydrogen-bond donors (Lipinski definition) is 2. The molecule has 6 heteroatoms. The maximum Gasteiger partial charge on any atom is 0.256 e. The van der Waals surface area contributed by atoms with Crippen LogP contribution in [0.3, 0.4) is 0 Å². The molecule has 0 saturated carbocycles. The molecule has 0 spiro atoms. The molecule has 110 valence electrons. The van der Waals surface area contributed by atoms with Gasteiger partial charge in [0.2, 0.25) is 5.56 Å². The lowest BCUT2D eigenvalue weighted by Crippen LogP contribution is -2.17. The van der Waals surface area contributed by atoms with Crippen molar-refractivity contribution in [3.63, 3.8) is 0 Å². The number of carbonyl (C=O) groups is 1. The lowest BCUT2D eigenvalue weighted by molar-refractivity contribution is 0.102. The van der Waals surface area contributed by atoms with E-state index in [9.17, 15) is 14.0 Å². The highest BCUT2D eigenvalue weighted by molar-refractivity contribution is 6.30. The highest BCUT2D eigenvalue weighted by atomic mass is 35.5. The van der Waals surface area contributed by atoms with Crippen LogP contribution in [0.1, 0.15) is 10.4 Å². The Kier molecular flexibility index (Phi) is 3.65. The van der Waals surface area contributed by atoms with Crippen LogP contribution in [-0.4, -0.2) is 10.9 Å². The Balaban J connectivity index is 2.04. The number of amides is 1. The van der Waals surface area contributed by atoms with Gasteiger partial charge in [-0.2, -0.15) is 0 Å². The number of carbonyl (C=O) groups excluding carboxylic acids is 1. The molecule has 3 aromatic rings.